The van der Waals surface area contributed by atoms with Crippen molar-refractivity contribution in [2.24, 2.45) is 0 Å². The van der Waals surface area contributed by atoms with Gasteiger partial charge in [0.05, 0.1) is 5.69 Å². The van der Waals surface area contributed by atoms with Crippen LogP contribution in [0.3, 0.4) is 0 Å². The van der Waals surface area contributed by atoms with Crippen molar-refractivity contribution in [3.8, 4) is 0 Å². The van der Waals surface area contributed by atoms with Crippen LogP contribution < -0.4 is 5.32 Å². The highest BCUT2D eigenvalue weighted by Gasteiger charge is 2.26. The fourth-order valence-corrected chi connectivity index (χ4v) is 4.24. The molecule has 0 unspecified atom stereocenters. The van der Waals surface area contributed by atoms with Gasteiger partial charge >= 0.3 is 5.97 Å². The Bertz CT molecular complexity index is 874. The van der Waals surface area contributed by atoms with Crippen LogP contribution in [0.25, 0.3) is 6.08 Å². The number of carbonyl (C=O) groups excluding carboxylic acids is 2. The number of H-pyrrole nitrogens is 1. The predicted octanol–water partition coefficient (Wildman–Crippen LogP) is 4.94. The number of ketones is 1. The zero-order valence-corrected chi connectivity index (χ0v) is 18.6. The first kappa shape index (κ1) is 23.6. The zero-order chi connectivity index (χ0) is 22.3. The van der Waals surface area contributed by atoms with E-state index in [2.05, 4.69) is 17.2 Å². The molecule has 0 aliphatic carbocycles. The molecular formula is C24H34N2O4. The van der Waals surface area contributed by atoms with Crippen LogP contribution in [0, 0.1) is 0 Å². The van der Waals surface area contributed by atoms with Crippen LogP contribution >= 0.6 is 0 Å². The maximum Gasteiger partial charge on any atom is 0.303 e. The molecule has 2 heterocycles. The highest BCUT2D eigenvalue weighted by Crippen LogP contribution is 2.30. The number of carboxylic acid groups (broad SMARTS) is 1. The van der Waals surface area contributed by atoms with Gasteiger partial charge in [-0.2, -0.15) is 0 Å². The number of hydrogen-bond donors (Lipinski definition) is 3. The highest BCUT2D eigenvalue weighted by molar-refractivity contribution is 6.01. The topological polar surface area (TPSA) is 99.3 Å². The molecule has 164 valence electrons. The van der Waals surface area contributed by atoms with Gasteiger partial charge in [0.2, 0.25) is 0 Å². The number of aliphatic carboxylic acids is 1. The van der Waals surface area contributed by atoms with Gasteiger partial charge in [0.15, 0.2) is 5.78 Å². The second-order valence-electron chi connectivity index (χ2n) is 7.63. The Hall–Kier alpha value is -2.63. The van der Waals surface area contributed by atoms with E-state index < -0.39 is 5.97 Å². The molecule has 6 nitrogen and oxygen atoms in total. The quantitative estimate of drug-likeness (QED) is 0.333. The Labute approximate surface area is 178 Å². The number of allylic oxidation sites excluding steroid dienone is 1. The van der Waals surface area contributed by atoms with E-state index in [4.69, 9.17) is 5.11 Å². The Morgan fingerprint density at radius 2 is 1.50 bits per heavy atom. The maximum atomic E-state index is 12.9. The number of carbonyl (C=O) groups is 3. The van der Waals surface area contributed by atoms with Gasteiger partial charge in [0, 0.05) is 29.8 Å². The Kier molecular flexibility index (Phi) is 8.63. The Balaban J connectivity index is 2.27. The normalized spacial score (nSPS) is 15.2. The lowest BCUT2D eigenvalue weighted by atomic mass is 9.99. The Morgan fingerprint density at radius 1 is 0.867 bits per heavy atom. The highest BCUT2D eigenvalue weighted by atomic mass is 16.4. The van der Waals surface area contributed by atoms with Crippen LogP contribution in [0.4, 0.5) is 0 Å². The summed E-state index contributed by atoms with van der Waals surface area (Å²) in [6.07, 6.45) is 7.56. The summed E-state index contributed by atoms with van der Waals surface area (Å²) in [5.74, 6) is -0.758. The fourth-order valence-electron chi connectivity index (χ4n) is 4.24. The van der Waals surface area contributed by atoms with Gasteiger partial charge in [-0.25, -0.2) is 0 Å². The summed E-state index contributed by atoms with van der Waals surface area (Å²) >= 11 is 0. The Morgan fingerprint density at radius 3 is 2.07 bits per heavy atom. The van der Waals surface area contributed by atoms with Gasteiger partial charge in [-0.1, -0.05) is 34.1 Å². The number of Topliss-reactive ketones (excluding diaryl/α,β-unsaturated/α-hetero) is 1. The molecule has 0 bridgehead atoms. The van der Waals surface area contributed by atoms with Crippen molar-refractivity contribution in [3.63, 3.8) is 0 Å². The summed E-state index contributed by atoms with van der Waals surface area (Å²) in [4.78, 5) is 39.1. The van der Waals surface area contributed by atoms with E-state index in [9.17, 15) is 14.4 Å². The average molecular weight is 415 g/mol. The number of unbranched alkanes of at least 4 members (excludes halogenated alkanes) is 2. The standard InChI is InChI=1S/C24H34N2O4/c1-5-15-17(7-3)23(21(27)12-10-9-11-13-22(28)29)25-19(15)14-20-16(6-2)18(8-4)24(30)26-20/h14,25H,5-13H2,1-4H3,(H,26,30)(H,28,29)/b20-14+. The molecule has 1 aliphatic rings. The van der Waals surface area contributed by atoms with Crippen molar-refractivity contribution in [2.75, 3.05) is 0 Å². The molecular weight excluding hydrogens is 380 g/mol. The summed E-state index contributed by atoms with van der Waals surface area (Å²) < 4.78 is 0. The number of nitrogens with one attached hydrogen (secondary N) is 2. The minimum absolute atomic E-state index is 0.0291. The zero-order valence-electron chi connectivity index (χ0n) is 18.6. The smallest absolute Gasteiger partial charge is 0.303 e. The number of aromatic amines is 1. The number of carboxylic acids is 1. The van der Waals surface area contributed by atoms with Crippen LogP contribution in [0.5, 0.6) is 0 Å². The molecule has 2 rings (SSSR count). The van der Waals surface area contributed by atoms with Gasteiger partial charge < -0.3 is 15.4 Å². The third-order valence-corrected chi connectivity index (χ3v) is 5.74. The summed E-state index contributed by atoms with van der Waals surface area (Å²) in [7, 11) is 0. The van der Waals surface area contributed by atoms with E-state index in [1.807, 2.05) is 26.8 Å². The maximum absolute atomic E-state index is 12.9. The molecule has 3 N–H and O–H groups in total. The van der Waals surface area contributed by atoms with Crippen LogP contribution in [-0.2, 0) is 22.4 Å². The summed E-state index contributed by atoms with van der Waals surface area (Å²) in [5.41, 5.74) is 6.41. The molecule has 1 aliphatic heterocycles. The monoisotopic (exact) mass is 414 g/mol. The molecule has 1 aromatic heterocycles. The van der Waals surface area contributed by atoms with Gasteiger partial charge in [-0.15, -0.1) is 0 Å². The van der Waals surface area contributed by atoms with Crippen molar-refractivity contribution in [2.45, 2.75) is 85.5 Å². The van der Waals surface area contributed by atoms with E-state index >= 15 is 0 Å². The molecule has 0 atom stereocenters. The SMILES string of the molecule is CCC1=C(CC)/C(=C\c2[nH]c(C(=O)CCCCCC(=O)O)c(CC)c2CC)NC1=O. The molecule has 1 amide bonds. The van der Waals surface area contributed by atoms with Crippen molar-refractivity contribution in [1.29, 1.82) is 0 Å². The van der Waals surface area contributed by atoms with E-state index in [0.29, 0.717) is 31.4 Å². The molecule has 0 saturated heterocycles. The molecule has 6 heteroatoms. The summed E-state index contributed by atoms with van der Waals surface area (Å²) in [6, 6.07) is 0. The molecule has 0 saturated carbocycles. The number of aromatic nitrogens is 1. The first-order valence-corrected chi connectivity index (χ1v) is 11.1. The van der Waals surface area contributed by atoms with Crippen LogP contribution in [-0.4, -0.2) is 27.8 Å². The third-order valence-electron chi connectivity index (χ3n) is 5.74. The van der Waals surface area contributed by atoms with Crippen molar-refractivity contribution in [1.82, 2.24) is 10.3 Å². The molecule has 0 spiro atoms. The fraction of sp³-hybridized carbons (Fsp3) is 0.542. The lowest BCUT2D eigenvalue weighted by Gasteiger charge is -2.05. The minimum atomic E-state index is -0.796. The van der Waals surface area contributed by atoms with Crippen LogP contribution in [0.2, 0.25) is 0 Å². The number of amides is 1. The van der Waals surface area contributed by atoms with Gasteiger partial charge in [-0.3, -0.25) is 14.4 Å². The molecule has 30 heavy (non-hydrogen) atoms. The van der Waals surface area contributed by atoms with Crippen LogP contribution in [0.1, 0.15) is 99.9 Å². The van der Waals surface area contributed by atoms with Crippen LogP contribution in [0.15, 0.2) is 16.8 Å². The molecule has 1 aromatic rings. The van der Waals surface area contributed by atoms with Crippen molar-refractivity contribution < 1.29 is 19.5 Å². The average Bonchev–Trinajstić information content (AvgIpc) is 3.22. The van der Waals surface area contributed by atoms with Gasteiger partial charge in [0.1, 0.15) is 0 Å². The summed E-state index contributed by atoms with van der Waals surface area (Å²) in [5, 5.41) is 11.7. The third kappa shape index (κ3) is 5.29. The predicted molar refractivity (Wildman–Crippen MR) is 118 cm³/mol. The van der Waals surface area contributed by atoms with Crippen molar-refractivity contribution in [3.05, 3.63) is 39.4 Å². The number of hydrogen-bond acceptors (Lipinski definition) is 3. The largest absolute Gasteiger partial charge is 0.481 e. The van der Waals surface area contributed by atoms with E-state index in [0.717, 1.165) is 59.3 Å². The first-order valence-electron chi connectivity index (χ1n) is 11.1. The molecule has 0 aromatic carbocycles. The van der Waals surface area contributed by atoms with E-state index in [-0.39, 0.29) is 18.1 Å². The van der Waals surface area contributed by atoms with E-state index in [1.54, 1.807) is 0 Å². The van der Waals surface area contributed by atoms with Gasteiger partial charge in [-0.05, 0) is 61.3 Å². The lowest BCUT2D eigenvalue weighted by molar-refractivity contribution is -0.137. The molecule has 0 radical (unpaired) electrons. The first-order chi connectivity index (χ1) is 14.4. The second-order valence-corrected chi connectivity index (χ2v) is 7.63. The van der Waals surface area contributed by atoms with Crippen molar-refractivity contribution >= 4 is 23.7 Å². The summed E-state index contributed by atoms with van der Waals surface area (Å²) in [6.45, 7) is 8.16. The lowest BCUT2D eigenvalue weighted by Crippen LogP contribution is -2.16. The molecule has 0 fully saturated rings. The number of rotatable bonds is 12. The minimum Gasteiger partial charge on any atom is -0.481 e. The van der Waals surface area contributed by atoms with E-state index in [1.165, 1.54) is 0 Å². The van der Waals surface area contributed by atoms with Gasteiger partial charge in [0.25, 0.3) is 5.91 Å². The second kappa shape index (κ2) is 11.0.